The Labute approximate surface area is 202 Å². The molecule has 1 fully saturated rings. The molecule has 1 atom stereocenters. The van der Waals surface area contributed by atoms with E-state index in [0.717, 1.165) is 63.8 Å². The number of aromatic nitrogens is 3. The highest BCUT2D eigenvalue weighted by Crippen LogP contribution is 2.35. The molecular formula is C26H28FN5OS. The zero-order valence-electron chi connectivity index (χ0n) is 19.6. The molecule has 176 valence electrons. The molecule has 3 heterocycles. The molecule has 1 aliphatic rings. The number of carbonyl (C=O) groups excluding carboxylic acids is 1. The van der Waals surface area contributed by atoms with E-state index in [4.69, 9.17) is 4.98 Å². The quantitative estimate of drug-likeness (QED) is 0.403. The highest BCUT2D eigenvalue weighted by molar-refractivity contribution is 7.22. The van der Waals surface area contributed by atoms with Gasteiger partial charge in [0, 0.05) is 18.8 Å². The van der Waals surface area contributed by atoms with Crippen LogP contribution in [-0.2, 0) is 11.2 Å². The normalized spacial score (nSPS) is 16.2. The summed E-state index contributed by atoms with van der Waals surface area (Å²) in [5.74, 6) is -0.346. The second-order valence-corrected chi connectivity index (χ2v) is 9.84. The number of hydrogen-bond acceptors (Lipinski definition) is 5. The number of benzene rings is 2. The molecule has 0 unspecified atom stereocenters. The van der Waals surface area contributed by atoms with Crippen LogP contribution in [0.5, 0.6) is 0 Å². The van der Waals surface area contributed by atoms with Crippen molar-refractivity contribution in [2.45, 2.75) is 40.0 Å². The number of halogens is 1. The van der Waals surface area contributed by atoms with Gasteiger partial charge in [0.05, 0.1) is 22.0 Å². The summed E-state index contributed by atoms with van der Waals surface area (Å²) in [5, 5.41) is 8.66. The largest absolute Gasteiger partial charge is 0.347 e. The number of nitrogens with zero attached hydrogens (tertiary/aromatic N) is 4. The van der Waals surface area contributed by atoms with E-state index in [1.165, 1.54) is 12.1 Å². The van der Waals surface area contributed by atoms with Crippen molar-refractivity contribution in [2.24, 2.45) is 5.92 Å². The first-order valence-electron chi connectivity index (χ1n) is 11.7. The minimum absolute atomic E-state index is 0.0666. The van der Waals surface area contributed by atoms with E-state index in [1.54, 1.807) is 22.1 Å². The molecule has 34 heavy (non-hydrogen) atoms. The van der Waals surface area contributed by atoms with E-state index in [-0.39, 0.29) is 17.6 Å². The maximum atomic E-state index is 13.8. The van der Waals surface area contributed by atoms with Crippen LogP contribution in [0.25, 0.3) is 16.0 Å². The van der Waals surface area contributed by atoms with Crippen LogP contribution in [0, 0.1) is 25.6 Å². The van der Waals surface area contributed by atoms with Crippen molar-refractivity contribution >= 4 is 38.4 Å². The minimum Gasteiger partial charge on any atom is -0.347 e. The second-order valence-electron chi connectivity index (χ2n) is 8.86. The number of para-hydroxylation sites is 1. The van der Waals surface area contributed by atoms with Crippen molar-refractivity contribution in [1.82, 2.24) is 14.8 Å². The maximum absolute atomic E-state index is 13.8. The average molecular weight is 478 g/mol. The number of thiazole rings is 1. The lowest BCUT2D eigenvalue weighted by Crippen LogP contribution is -2.40. The number of amides is 1. The summed E-state index contributed by atoms with van der Waals surface area (Å²) < 4.78 is 16.5. The van der Waals surface area contributed by atoms with Gasteiger partial charge in [-0.25, -0.2) is 9.07 Å². The zero-order valence-corrected chi connectivity index (χ0v) is 20.5. The van der Waals surface area contributed by atoms with E-state index in [9.17, 15) is 9.18 Å². The molecule has 0 bridgehead atoms. The lowest BCUT2D eigenvalue weighted by molar-refractivity contribution is -0.120. The first-order valence-corrected chi connectivity index (χ1v) is 12.5. The molecule has 0 aliphatic carbocycles. The predicted octanol–water partition coefficient (Wildman–Crippen LogP) is 5.66. The smallest absolute Gasteiger partial charge is 0.229 e. The third-order valence-electron chi connectivity index (χ3n) is 6.48. The summed E-state index contributed by atoms with van der Waals surface area (Å²) in [4.78, 5) is 20.3. The molecule has 0 saturated carbocycles. The molecule has 2 aromatic carbocycles. The van der Waals surface area contributed by atoms with Crippen LogP contribution in [0.15, 0.2) is 42.5 Å². The first-order chi connectivity index (χ1) is 16.4. The Morgan fingerprint density at radius 2 is 2.06 bits per heavy atom. The molecule has 5 rings (SSSR count). The van der Waals surface area contributed by atoms with Crippen LogP contribution in [0.3, 0.4) is 0 Å². The summed E-state index contributed by atoms with van der Waals surface area (Å²) >= 11 is 1.58. The minimum atomic E-state index is -0.306. The SMILES string of the molecule is CCc1cccc(C)c1NC(=O)[C@@H]1CCCN(c2nc3c(s2)c(C)nn3-c2cccc(F)c2)C1. The molecule has 0 radical (unpaired) electrons. The topological polar surface area (TPSA) is 63.1 Å². The van der Waals surface area contributed by atoms with Gasteiger partial charge >= 0.3 is 0 Å². The van der Waals surface area contributed by atoms with Gasteiger partial charge < -0.3 is 10.2 Å². The fraction of sp³-hybridized carbons (Fsp3) is 0.346. The van der Waals surface area contributed by atoms with Gasteiger partial charge in [-0.3, -0.25) is 4.79 Å². The van der Waals surface area contributed by atoms with Gasteiger partial charge in [0.1, 0.15) is 5.82 Å². The Morgan fingerprint density at radius 1 is 1.24 bits per heavy atom. The Bertz CT molecular complexity index is 1360. The van der Waals surface area contributed by atoms with E-state index in [1.807, 2.05) is 32.0 Å². The van der Waals surface area contributed by atoms with Crippen molar-refractivity contribution in [3.63, 3.8) is 0 Å². The summed E-state index contributed by atoms with van der Waals surface area (Å²) in [6.45, 7) is 7.57. The average Bonchev–Trinajstić information content (AvgIpc) is 3.41. The number of piperidine rings is 1. The van der Waals surface area contributed by atoms with E-state index >= 15 is 0 Å². The number of carbonyl (C=O) groups is 1. The van der Waals surface area contributed by atoms with Gasteiger partial charge in [-0.15, -0.1) is 0 Å². The fourth-order valence-corrected chi connectivity index (χ4v) is 5.66. The Hall–Kier alpha value is -3.26. The van der Waals surface area contributed by atoms with Crippen LogP contribution < -0.4 is 10.2 Å². The maximum Gasteiger partial charge on any atom is 0.229 e. The van der Waals surface area contributed by atoms with Crippen molar-refractivity contribution in [1.29, 1.82) is 0 Å². The highest BCUT2D eigenvalue weighted by atomic mass is 32.1. The molecule has 6 nitrogen and oxygen atoms in total. The Balaban J connectivity index is 1.38. The first kappa shape index (κ1) is 22.5. The number of anilines is 2. The van der Waals surface area contributed by atoms with Gasteiger partial charge in [-0.1, -0.05) is 42.5 Å². The van der Waals surface area contributed by atoms with E-state index < -0.39 is 0 Å². The van der Waals surface area contributed by atoms with Crippen molar-refractivity contribution in [3.05, 3.63) is 65.1 Å². The standard InChI is InChI=1S/C26H28FN5OS/c1-4-18-9-5-8-16(2)22(18)28-25(33)19-10-7-13-31(15-19)26-29-24-23(34-26)17(3)30-32(24)21-12-6-11-20(27)14-21/h5-6,8-9,11-12,14,19H,4,7,10,13,15H2,1-3H3,(H,28,33)/t19-/m1/s1. The van der Waals surface area contributed by atoms with Gasteiger partial charge in [-0.2, -0.15) is 10.1 Å². The molecule has 4 aromatic rings. The summed E-state index contributed by atoms with van der Waals surface area (Å²) in [6.07, 6.45) is 2.66. The molecule has 0 spiro atoms. The molecule has 1 N–H and O–H groups in total. The van der Waals surface area contributed by atoms with Crippen molar-refractivity contribution in [2.75, 3.05) is 23.3 Å². The molecular weight excluding hydrogens is 449 g/mol. The number of fused-ring (bicyclic) bond motifs is 1. The van der Waals surface area contributed by atoms with Gasteiger partial charge in [-0.05, 0) is 62.4 Å². The monoisotopic (exact) mass is 477 g/mol. The molecule has 8 heteroatoms. The number of rotatable bonds is 5. The van der Waals surface area contributed by atoms with E-state index in [0.29, 0.717) is 12.2 Å². The number of nitrogens with one attached hydrogen (secondary N) is 1. The Kier molecular flexibility index (Phi) is 6.08. The summed E-state index contributed by atoms with van der Waals surface area (Å²) in [7, 11) is 0. The third-order valence-corrected chi connectivity index (χ3v) is 7.70. The highest BCUT2D eigenvalue weighted by Gasteiger charge is 2.29. The van der Waals surface area contributed by atoms with Crippen LogP contribution in [0.2, 0.25) is 0 Å². The third kappa shape index (κ3) is 4.18. The van der Waals surface area contributed by atoms with E-state index in [2.05, 4.69) is 28.3 Å². The summed E-state index contributed by atoms with van der Waals surface area (Å²) in [6, 6.07) is 12.5. The van der Waals surface area contributed by atoms with Crippen molar-refractivity contribution in [3.8, 4) is 5.69 Å². The molecule has 1 saturated heterocycles. The second kappa shape index (κ2) is 9.18. The lowest BCUT2D eigenvalue weighted by atomic mass is 9.96. The molecule has 2 aromatic heterocycles. The molecule has 1 amide bonds. The summed E-state index contributed by atoms with van der Waals surface area (Å²) in [5.41, 5.74) is 5.42. The number of aryl methyl sites for hydroxylation is 3. The van der Waals surface area contributed by atoms with Crippen LogP contribution in [-0.4, -0.2) is 33.8 Å². The van der Waals surface area contributed by atoms with Gasteiger partial charge in [0.15, 0.2) is 10.8 Å². The van der Waals surface area contributed by atoms with Gasteiger partial charge in [0.25, 0.3) is 0 Å². The lowest BCUT2D eigenvalue weighted by Gasteiger charge is -2.32. The fourth-order valence-electron chi connectivity index (χ4n) is 4.64. The molecule has 1 aliphatic heterocycles. The zero-order chi connectivity index (χ0) is 23.8. The van der Waals surface area contributed by atoms with Crippen LogP contribution in [0.1, 0.15) is 36.6 Å². The van der Waals surface area contributed by atoms with Crippen LogP contribution >= 0.6 is 11.3 Å². The predicted molar refractivity (Wildman–Crippen MR) is 136 cm³/mol. The number of hydrogen-bond donors (Lipinski definition) is 1. The Morgan fingerprint density at radius 3 is 2.85 bits per heavy atom. The van der Waals surface area contributed by atoms with Gasteiger partial charge in [0.2, 0.25) is 5.91 Å². The van der Waals surface area contributed by atoms with Crippen molar-refractivity contribution < 1.29 is 9.18 Å². The van der Waals surface area contributed by atoms with Crippen LogP contribution in [0.4, 0.5) is 15.2 Å².